The molecule has 0 spiro atoms. The van der Waals surface area contributed by atoms with Gasteiger partial charge < -0.3 is 10.6 Å². The van der Waals surface area contributed by atoms with Gasteiger partial charge in [-0.15, -0.1) is 23.2 Å². The van der Waals surface area contributed by atoms with Crippen LogP contribution in [-0.2, 0) is 24.4 Å². The molecule has 1 aliphatic heterocycles. The second-order valence-electron chi connectivity index (χ2n) is 11.1. The number of benzene rings is 1. The van der Waals surface area contributed by atoms with E-state index in [9.17, 15) is 22.8 Å². The molecule has 2 aliphatic rings. The molecule has 13 heteroatoms. The molecule has 230 valence electrons. The molecule has 4 N–H and O–H groups in total. The van der Waals surface area contributed by atoms with Gasteiger partial charge in [0, 0.05) is 38.5 Å². The molecule has 4 atom stereocenters. The number of sulfonamides is 1. The number of unbranched alkanes of at least 4 members (excludes halogenated alkanes) is 1. The number of carbonyl (C=O) groups excluding carboxylic acids is 3. The molecule has 10 nitrogen and oxygen atoms in total. The van der Waals surface area contributed by atoms with Crippen LogP contribution in [-0.4, -0.2) is 73.2 Å². The third-order valence-electron chi connectivity index (χ3n) is 8.12. The first-order chi connectivity index (χ1) is 19.4. The van der Waals surface area contributed by atoms with Crippen molar-refractivity contribution in [2.24, 2.45) is 0 Å². The fraction of sp³-hybridized carbons (Fsp3) is 0.679. The number of anilines is 1. The molecule has 3 rings (SSSR count). The maximum Gasteiger partial charge on any atom is 0.353 e. The lowest BCUT2D eigenvalue weighted by molar-refractivity contribution is -0.938. The van der Waals surface area contributed by atoms with Gasteiger partial charge in [-0.25, -0.2) is 17.9 Å². The number of hydrogen-bond donors (Lipinski definition) is 4. The van der Waals surface area contributed by atoms with E-state index in [2.05, 4.69) is 20.8 Å². The quantitative estimate of drug-likeness (QED) is 0.167. The van der Waals surface area contributed by atoms with Crippen molar-refractivity contribution < 1.29 is 27.4 Å². The number of carbonyl (C=O) groups is 3. The van der Waals surface area contributed by atoms with Crippen molar-refractivity contribution in [1.29, 1.82) is 0 Å². The van der Waals surface area contributed by atoms with Crippen molar-refractivity contribution >= 4 is 56.6 Å². The van der Waals surface area contributed by atoms with Crippen LogP contribution in [0.4, 0.5) is 5.69 Å². The highest BCUT2D eigenvalue weighted by molar-refractivity contribution is 7.89. The Kier molecular flexibility index (Phi) is 12.4. The minimum absolute atomic E-state index is 0.0618. The number of hydrogen-bond acceptors (Lipinski definition) is 6. The molecule has 1 aliphatic carbocycles. The Morgan fingerprint density at radius 1 is 1.07 bits per heavy atom. The minimum Gasteiger partial charge on any atom is -0.356 e. The molecular formula is C28H44Cl2N5O5S+. The summed E-state index contributed by atoms with van der Waals surface area (Å²) < 4.78 is 28.5. The Hall–Kier alpha value is -1.76. The van der Waals surface area contributed by atoms with Gasteiger partial charge in [0.2, 0.25) is 15.9 Å². The van der Waals surface area contributed by atoms with Gasteiger partial charge in [-0.2, -0.15) is 10.0 Å². The first kappa shape index (κ1) is 33.7. The van der Waals surface area contributed by atoms with Crippen LogP contribution >= 0.6 is 23.2 Å². The van der Waals surface area contributed by atoms with Crippen molar-refractivity contribution in [2.75, 3.05) is 25.0 Å². The van der Waals surface area contributed by atoms with Crippen molar-refractivity contribution in [2.45, 2.75) is 106 Å². The molecule has 3 unspecified atom stereocenters. The van der Waals surface area contributed by atoms with E-state index in [0.717, 1.165) is 44.9 Å². The predicted molar refractivity (Wildman–Crippen MR) is 161 cm³/mol. The van der Waals surface area contributed by atoms with Crippen molar-refractivity contribution in [1.82, 2.24) is 15.5 Å². The first-order valence-corrected chi connectivity index (χ1v) is 16.9. The lowest BCUT2D eigenvalue weighted by atomic mass is 9.92. The van der Waals surface area contributed by atoms with Gasteiger partial charge in [-0.05, 0) is 57.2 Å². The Labute approximate surface area is 253 Å². The van der Waals surface area contributed by atoms with Crippen molar-refractivity contribution in [3.05, 3.63) is 23.8 Å². The van der Waals surface area contributed by atoms with E-state index < -0.39 is 32.7 Å². The van der Waals surface area contributed by atoms with Crippen LogP contribution in [0.15, 0.2) is 23.1 Å². The average Bonchev–Trinajstić information content (AvgIpc) is 2.90. The molecule has 0 radical (unpaired) electrons. The highest BCUT2D eigenvalue weighted by Gasteiger charge is 2.57. The van der Waals surface area contributed by atoms with E-state index in [-0.39, 0.29) is 33.9 Å². The van der Waals surface area contributed by atoms with Crippen LogP contribution in [0, 0.1) is 6.92 Å². The number of nitrogens with one attached hydrogen (secondary N) is 4. The summed E-state index contributed by atoms with van der Waals surface area (Å²) in [5.41, 5.74) is 4.17. The highest BCUT2D eigenvalue weighted by atomic mass is 35.5. The van der Waals surface area contributed by atoms with Crippen LogP contribution in [0.3, 0.4) is 0 Å². The summed E-state index contributed by atoms with van der Waals surface area (Å²) >= 11 is 12.9. The molecule has 41 heavy (non-hydrogen) atoms. The summed E-state index contributed by atoms with van der Waals surface area (Å²) in [6.45, 7) is 5.82. The topological polar surface area (TPSA) is 133 Å². The Morgan fingerprint density at radius 3 is 2.37 bits per heavy atom. The standard InChI is InChI=1S/C28H43Cl2N5O5S/c1-19-13-14-22(17-25(19)41(39,40)33-16-10-9-15-31-21(3)36)34-27(37)20(2)35(23-11-7-5-4-6-8-12-23)28(38)26(30)24(29)18-32-35/h13-14,17,20,23-24,26,32-33H,4-12,15-16,18H2,1-3H3,(H-,31,34,36,37)/p+1/t20-,24?,26?,35?/m0/s1. The molecule has 1 saturated heterocycles. The molecule has 1 heterocycles. The first-order valence-electron chi connectivity index (χ1n) is 14.5. The number of rotatable bonds is 11. The maximum absolute atomic E-state index is 13.8. The summed E-state index contributed by atoms with van der Waals surface area (Å²) in [6, 6.07) is 3.77. The van der Waals surface area contributed by atoms with Gasteiger partial charge in [0.1, 0.15) is 6.04 Å². The average molecular weight is 634 g/mol. The summed E-state index contributed by atoms with van der Waals surface area (Å²) in [7, 11) is -3.84. The maximum atomic E-state index is 13.8. The molecular weight excluding hydrogens is 589 g/mol. The molecule has 1 aromatic carbocycles. The third kappa shape index (κ3) is 8.42. The molecule has 2 fully saturated rings. The zero-order chi connectivity index (χ0) is 30.2. The second-order valence-corrected chi connectivity index (χ2v) is 13.9. The monoisotopic (exact) mass is 632 g/mol. The van der Waals surface area contributed by atoms with Crippen LogP contribution in [0.1, 0.15) is 77.2 Å². The second kappa shape index (κ2) is 15.1. The van der Waals surface area contributed by atoms with Crippen molar-refractivity contribution in [3.63, 3.8) is 0 Å². The number of quaternary nitrogens is 1. The summed E-state index contributed by atoms with van der Waals surface area (Å²) in [5.74, 6) is -0.845. The van der Waals surface area contributed by atoms with E-state index >= 15 is 0 Å². The summed E-state index contributed by atoms with van der Waals surface area (Å²) in [5, 5.41) is 4.03. The van der Waals surface area contributed by atoms with Gasteiger partial charge in [-0.3, -0.25) is 9.59 Å². The van der Waals surface area contributed by atoms with E-state index in [1.54, 1.807) is 26.0 Å². The highest BCUT2D eigenvalue weighted by Crippen LogP contribution is 2.34. The molecule has 1 saturated carbocycles. The zero-order valence-electron chi connectivity index (χ0n) is 24.2. The number of alkyl halides is 2. The number of aryl methyl sites for hydroxylation is 1. The SMILES string of the molecule is CC(=O)NCCCCNS(=O)(=O)c1cc(NC(=O)[C@H](C)[N+]2(C3CCCCCCC3)NCC(Cl)C(Cl)C2=O)ccc1C. The van der Waals surface area contributed by atoms with Crippen LogP contribution in [0.5, 0.6) is 0 Å². The summed E-state index contributed by atoms with van der Waals surface area (Å²) in [6.07, 6.45) is 8.02. The van der Waals surface area contributed by atoms with E-state index in [1.807, 2.05) is 0 Å². The van der Waals surface area contributed by atoms with E-state index in [4.69, 9.17) is 23.2 Å². The Bertz CT molecular complexity index is 1190. The van der Waals surface area contributed by atoms with Gasteiger partial charge in [-0.1, -0.05) is 25.3 Å². The van der Waals surface area contributed by atoms with Crippen LogP contribution in [0.25, 0.3) is 0 Å². The Morgan fingerprint density at radius 2 is 1.71 bits per heavy atom. The lowest BCUT2D eigenvalue weighted by Crippen LogP contribution is -2.78. The molecule has 1 aromatic rings. The van der Waals surface area contributed by atoms with Gasteiger partial charge in [0.25, 0.3) is 5.91 Å². The largest absolute Gasteiger partial charge is 0.356 e. The number of halogens is 2. The lowest BCUT2D eigenvalue weighted by Gasteiger charge is -2.49. The van der Waals surface area contributed by atoms with Crippen LogP contribution in [0.2, 0.25) is 0 Å². The predicted octanol–water partition coefficient (Wildman–Crippen LogP) is 3.71. The molecule has 3 amide bonds. The van der Waals surface area contributed by atoms with Crippen molar-refractivity contribution in [3.8, 4) is 0 Å². The number of amides is 3. The fourth-order valence-electron chi connectivity index (χ4n) is 5.77. The van der Waals surface area contributed by atoms with E-state index in [0.29, 0.717) is 37.2 Å². The Balaban J connectivity index is 1.78. The summed E-state index contributed by atoms with van der Waals surface area (Å²) in [4.78, 5) is 38.6. The fourth-order valence-corrected chi connectivity index (χ4v) is 7.54. The zero-order valence-corrected chi connectivity index (χ0v) is 26.5. The third-order valence-corrected chi connectivity index (χ3v) is 10.8. The van der Waals surface area contributed by atoms with Crippen LogP contribution < -0.4 is 20.8 Å². The van der Waals surface area contributed by atoms with Gasteiger partial charge in [0.05, 0.1) is 16.8 Å². The number of nitrogens with zero attached hydrogens (tertiary/aromatic N) is 1. The minimum atomic E-state index is -3.84. The normalized spacial score (nSPS) is 25.1. The van der Waals surface area contributed by atoms with E-state index in [1.165, 1.54) is 13.0 Å². The molecule has 0 bridgehead atoms. The van der Waals surface area contributed by atoms with Gasteiger partial charge in [0.15, 0.2) is 11.4 Å². The van der Waals surface area contributed by atoms with Gasteiger partial charge >= 0.3 is 5.91 Å². The smallest absolute Gasteiger partial charge is 0.353 e. The molecule has 0 aromatic heterocycles.